The molecule has 4 rings (SSSR count). The molecule has 0 aliphatic heterocycles. The summed E-state index contributed by atoms with van der Waals surface area (Å²) in [5.74, 6) is 1.07. The van der Waals surface area contributed by atoms with Crippen LogP contribution in [-0.4, -0.2) is 63.7 Å². The van der Waals surface area contributed by atoms with Crippen molar-refractivity contribution in [2.24, 2.45) is 0 Å². The standard InChI is InChI=1S/C39H50N2O5/c1-27(2)41(28(3)4)20-17-36(31-8-6-5-7-9-31)37-22-30(12-15-38(37)44)18-21-46-35-13-10-29(11-14-35)16-19-40-26-39(45)32-23-33(42)25-34(43)24-32/h5-15,22-25,27-28,36,39-40,42-45H,16-21,26H2,1-4H3/t36-,39?/m1/s1. The quantitative estimate of drug-likeness (QED) is 0.0810. The minimum absolute atomic E-state index is 0.0771. The van der Waals surface area contributed by atoms with Gasteiger partial charge in [-0.3, -0.25) is 4.90 Å². The van der Waals surface area contributed by atoms with Crippen molar-refractivity contribution in [2.45, 2.75) is 71.1 Å². The van der Waals surface area contributed by atoms with E-state index in [4.69, 9.17) is 4.74 Å². The molecule has 0 radical (unpaired) electrons. The molecule has 1 unspecified atom stereocenters. The summed E-state index contributed by atoms with van der Waals surface area (Å²) in [6.45, 7) is 11.4. The van der Waals surface area contributed by atoms with E-state index in [9.17, 15) is 20.4 Å². The number of nitrogens with one attached hydrogen (secondary N) is 1. The van der Waals surface area contributed by atoms with E-state index in [1.165, 1.54) is 23.8 Å². The Morgan fingerprint density at radius 1 is 0.717 bits per heavy atom. The second-order valence-corrected chi connectivity index (χ2v) is 12.6. The molecule has 0 spiro atoms. The van der Waals surface area contributed by atoms with Crippen molar-refractivity contribution >= 4 is 0 Å². The van der Waals surface area contributed by atoms with E-state index in [1.807, 2.05) is 42.5 Å². The van der Waals surface area contributed by atoms with Gasteiger partial charge in [-0.25, -0.2) is 0 Å². The molecule has 4 aromatic rings. The maximum atomic E-state index is 11.0. The molecule has 0 heterocycles. The second-order valence-electron chi connectivity index (χ2n) is 12.6. The van der Waals surface area contributed by atoms with Crippen LogP contribution in [0.25, 0.3) is 0 Å². The lowest BCUT2D eigenvalue weighted by Crippen LogP contribution is -2.38. The highest BCUT2D eigenvalue weighted by Crippen LogP contribution is 2.35. The van der Waals surface area contributed by atoms with Gasteiger partial charge < -0.3 is 30.5 Å². The van der Waals surface area contributed by atoms with Crippen molar-refractivity contribution in [3.8, 4) is 23.0 Å². The third-order valence-corrected chi connectivity index (χ3v) is 8.49. The maximum Gasteiger partial charge on any atom is 0.119 e. The second kappa shape index (κ2) is 17.0. The zero-order valence-corrected chi connectivity index (χ0v) is 27.6. The Hall–Kier alpha value is -4.04. The molecule has 7 nitrogen and oxygen atoms in total. The summed E-state index contributed by atoms with van der Waals surface area (Å²) in [6, 6.07) is 29.5. The number of benzene rings is 4. The van der Waals surface area contributed by atoms with Crippen LogP contribution in [0.3, 0.4) is 0 Å². The summed E-state index contributed by atoms with van der Waals surface area (Å²) >= 11 is 0. The Bertz CT molecular complexity index is 1460. The Morgan fingerprint density at radius 3 is 2.02 bits per heavy atom. The first-order chi connectivity index (χ1) is 22.1. The topological polar surface area (TPSA) is 105 Å². The Labute approximate surface area is 274 Å². The first kappa shape index (κ1) is 34.8. The van der Waals surface area contributed by atoms with Gasteiger partial charge in [-0.15, -0.1) is 0 Å². The van der Waals surface area contributed by atoms with Gasteiger partial charge in [0.1, 0.15) is 23.0 Å². The molecule has 0 saturated carbocycles. The van der Waals surface area contributed by atoms with E-state index in [0.29, 0.717) is 43.1 Å². The van der Waals surface area contributed by atoms with E-state index in [0.717, 1.165) is 48.2 Å². The largest absolute Gasteiger partial charge is 0.508 e. The van der Waals surface area contributed by atoms with E-state index >= 15 is 0 Å². The molecule has 46 heavy (non-hydrogen) atoms. The van der Waals surface area contributed by atoms with Crippen LogP contribution >= 0.6 is 0 Å². The lowest BCUT2D eigenvalue weighted by atomic mass is 9.86. The number of hydrogen-bond donors (Lipinski definition) is 5. The summed E-state index contributed by atoms with van der Waals surface area (Å²) in [4.78, 5) is 2.50. The van der Waals surface area contributed by atoms with Crippen LogP contribution in [0.15, 0.2) is 91.0 Å². The third-order valence-electron chi connectivity index (χ3n) is 8.49. The average Bonchev–Trinajstić information content (AvgIpc) is 3.02. The van der Waals surface area contributed by atoms with Crippen molar-refractivity contribution in [3.05, 3.63) is 119 Å². The van der Waals surface area contributed by atoms with Gasteiger partial charge in [0.2, 0.25) is 0 Å². The number of aromatic hydroxyl groups is 3. The van der Waals surface area contributed by atoms with Crippen LogP contribution in [0.2, 0.25) is 0 Å². The highest BCUT2D eigenvalue weighted by Gasteiger charge is 2.22. The van der Waals surface area contributed by atoms with Crippen LogP contribution in [0.4, 0.5) is 0 Å². The molecule has 0 saturated heterocycles. The van der Waals surface area contributed by atoms with Crippen LogP contribution < -0.4 is 10.1 Å². The Morgan fingerprint density at radius 2 is 1.37 bits per heavy atom. The summed E-state index contributed by atoms with van der Waals surface area (Å²) in [5, 5.41) is 43.8. The molecule has 7 heteroatoms. The van der Waals surface area contributed by atoms with Crippen LogP contribution in [0.5, 0.6) is 23.0 Å². The van der Waals surface area contributed by atoms with Gasteiger partial charge in [-0.2, -0.15) is 0 Å². The maximum absolute atomic E-state index is 11.0. The molecule has 4 aromatic carbocycles. The number of aliphatic hydroxyl groups excluding tert-OH is 1. The Balaban J connectivity index is 1.29. The fraction of sp³-hybridized carbons (Fsp3) is 0.385. The van der Waals surface area contributed by atoms with Crippen molar-refractivity contribution in [3.63, 3.8) is 0 Å². The SMILES string of the molecule is CC(C)N(CC[C@H](c1ccccc1)c1cc(CCOc2ccc(CCNCC(O)c3cc(O)cc(O)c3)cc2)ccc1O)C(C)C. The number of hydrogen-bond acceptors (Lipinski definition) is 7. The fourth-order valence-electron chi connectivity index (χ4n) is 6.06. The lowest BCUT2D eigenvalue weighted by molar-refractivity contribution is 0.170. The normalized spacial score (nSPS) is 13.0. The van der Waals surface area contributed by atoms with Gasteiger partial charge in [-0.05, 0) is 106 Å². The monoisotopic (exact) mass is 626 g/mol. The predicted octanol–water partition coefficient (Wildman–Crippen LogP) is 6.93. The van der Waals surface area contributed by atoms with Gasteiger partial charge >= 0.3 is 0 Å². The number of phenolic OH excluding ortho intramolecular Hbond substituents is 3. The first-order valence-electron chi connectivity index (χ1n) is 16.4. The zero-order chi connectivity index (χ0) is 33.1. The van der Waals surface area contributed by atoms with Gasteiger partial charge in [0.15, 0.2) is 0 Å². The molecule has 2 atom stereocenters. The number of nitrogens with zero attached hydrogens (tertiary/aromatic N) is 1. The predicted molar refractivity (Wildman–Crippen MR) is 185 cm³/mol. The number of rotatable bonds is 17. The average molecular weight is 627 g/mol. The lowest BCUT2D eigenvalue weighted by Gasteiger charge is -2.32. The van der Waals surface area contributed by atoms with Crippen molar-refractivity contribution in [1.82, 2.24) is 10.2 Å². The highest BCUT2D eigenvalue weighted by molar-refractivity contribution is 5.44. The molecule has 5 N–H and O–H groups in total. The van der Waals surface area contributed by atoms with E-state index < -0.39 is 6.10 Å². The van der Waals surface area contributed by atoms with E-state index in [-0.39, 0.29) is 17.4 Å². The molecule has 0 aliphatic rings. The first-order valence-corrected chi connectivity index (χ1v) is 16.4. The van der Waals surface area contributed by atoms with Crippen molar-refractivity contribution < 1.29 is 25.2 Å². The molecule has 246 valence electrons. The third kappa shape index (κ3) is 10.2. The van der Waals surface area contributed by atoms with Crippen LogP contribution in [-0.2, 0) is 12.8 Å². The minimum atomic E-state index is -0.831. The minimum Gasteiger partial charge on any atom is -0.508 e. The molecule has 0 aliphatic carbocycles. The molecule has 0 fully saturated rings. The van der Waals surface area contributed by atoms with Gasteiger partial charge in [-0.1, -0.05) is 54.6 Å². The summed E-state index contributed by atoms with van der Waals surface area (Å²) < 4.78 is 6.08. The summed E-state index contributed by atoms with van der Waals surface area (Å²) in [5.41, 5.74) is 4.91. The van der Waals surface area contributed by atoms with Gasteiger partial charge in [0.05, 0.1) is 12.7 Å². The van der Waals surface area contributed by atoms with Gasteiger partial charge in [0.25, 0.3) is 0 Å². The number of aliphatic hydroxyl groups is 1. The Kier molecular flexibility index (Phi) is 12.9. The zero-order valence-electron chi connectivity index (χ0n) is 27.6. The molecule has 0 amide bonds. The molecule has 0 aromatic heterocycles. The number of ether oxygens (including phenoxy) is 1. The molecular weight excluding hydrogens is 576 g/mol. The van der Waals surface area contributed by atoms with Crippen LogP contribution in [0.1, 0.15) is 74.0 Å². The van der Waals surface area contributed by atoms with E-state index in [1.54, 1.807) is 0 Å². The fourth-order valence-corrected chi connectivity index (χ4v) is 6.06. The highest BCUT2D eigenvalue weighted by atomic mass is 16.5. The smallest absolute Gasteiger partial charge is 0.119 e. The summed E-state index contributed by atoms with van der Waals surface area (Å²) in [6.07, 6.45) is 1.59. The van der Waals surface area contributed by atoms with Crippen LogP contribution in [0, 0.1) is 0 Å². The molecule has 0 bridgehead atoms. The number of phenols is 3. The van der Waals surface area contributed by atoms with Crippen molar-refractivity contribution in [2.75, 3.05) is 26.2 Å². The van der Waals surface area contributed by atoms with Gasteiger partial charge in [0, 0.05) is 42.6 Å². The van der Waals surface area contributed by atoms with E-state index in [2.05, 4.69) is 68.2 Å². The molecular formula is C39H50N2O5. The van der Waals surface area contributed by atoms with Crippen molar-refractivity contribution in [1.29, 1.82) is 0 Å². The summed E-state index contributed by atoms with van der Waals surface area (Å²) in [7, 11) is 0.